The Hall–Kier alpha value is -11.3. The Morgan fingerprint density at radius 3 is 0.932 bits per heavy atom. The molecule has 16 rings (SSSR count). The lowest BCUT2D eigenvalue weighted by Crippen LogP contribution is -2.39. The summed E-state index contributed by atoms with van der Waals surface area (Å²) >= 11 is 13.9. The lowest BCUT2D eigenvalue weighted by atomic mass is 9.93. The molecule has 12 N–H and O–H groups in total. The summed E-state index contributed by atoms with van der Waals surface area (Å²) in [5, 5.41) is 67.1. The Kier molecular flexibility index (Phi) is 32.7. The lowest BCUT2D eigenvalue weighted by molar-refractivity contribution is 0.185. The van der Waals surface area contributed by atoms with E-state index in [1.807, 2.05) is 178 Å². The van der Waals surface area contributed by atoms with Crippen molar-refractivity contribution < 1.29 is 67.1 Å². The number of aliphatic hydroxyl groups is 4. The molecule has 133 heavy (non-hydrogen) atoms. The van der Waals surface area contributed by atoms with E-state index in [4.69, 9.17) is 34.9 Å². The van der Waals surface area contributed by atoms with Crippen LogP contribution in [0.3, 0.4) is 0 Å². The molecule has 0 aliphatic rings. The van der Waals surface area contributed by atoms with Gasteiger partial charge in [0.2, 0.25) is 40.1 Å². The largest absolute Gasteiger partial charge is 0.395 e. The number of benzene rings is 8. The average molecular weight is 2160 g/mol. The number of nitrogens with one attached hydrogen (secondary N) is 7. The van der Waals surface area contributed by atoms with Gasteiger partial charge in [0.05, 0.1) is 123 Å². The molecule has 0 saturated carbocycles. The number of fused-ring (bicyclic) bond motifs is 4. The molecule has 16 aromatic rings. The molecular weight excluding hydrogens is 2070 g/mol. The Labute approximate surface area is 800 Å². The molecule has 0 aliphatic heterocycles. The van der Waals surface area contributed by atoms with Gasteiger partial charge >= 0.3 is 0 Å². The van der Waals surface area contributed by atoms with Crippen LogP contribution in [0.15, 0.2) is 305 Å². The van der Waals surface area contributed by atoms with Gasteiger partial charge in [-0.2, -0.15) is 51.2 Å². The molecule has 45 heteroatoms. The van der Waals surface area contributed by atoms with Gasteiger partial charge in [0, 0.05) is 102 Å². The summed E-state index contributed by atoms with van der Waals surface area (Å²) in [7, 11) is -15.6. The third-order valence-electron chi connectivity index (χ3n) is 19.7. The lowest BCUT2D eigenvalue weighted by Gasteiger charge is -2.28. The van der Waals surface area contributed by atoms with E-state index in [1.165, 1.54) is 36.4 Å². The molecule has 0 fully saturated rings. The number of hydrogen-bond donors (Lipinski definition) is 12. The molecule has 0 aliphatic carbocycles. The molecule has 0 radical (unpaired) electrons. The van der Waals surface area contributed by atoms with Crippen molar-refractivity contribution in [3.05, 3.63) is 285 Å². The van der Waals surface area contributed by atoms with Crippen LogP contribution in [-0.2, 0) is 50.2 Å². The normalized spacial score (nSPS) is 12.1. The van der Waals surface area contributed by atoms with Gasteiger partial charge in [-0.25, -0.2) is 67.8 Å². The van der Waals surface area contributed by atoms with Gasteiger partial charge in [0.15, 0.2) is 22.6 Å². The monoisotopic (exact) mass is 2160 g/mol. The van der Waals surface area contributed by atoms with E-state index in [0.29, 0.717) is 69.5 Å². The van der Waals surface area contributed by atoms with E-state index in [9.17, 15) is 42.1 Å². The summed E-state index contributed by atoms with van der Waals surface area (Å²) in [6.07, 6.45) is 6.65. The van der Waals surface area contributed by atoms with Gasteiger partial charge in [-0.3, -0.25) is 4.55 Å². The summed E-state index contributed by atoms with van der Waals surface area (Å²) in [6, 6.07) is 70.5. The highest BCUT2D eigenvalue weighted by Crippen LogP contribution is 2.35. The second kappa shape index (κ2) is 43.8. The minimum atomic E-state index is -4.26. The van der Waals surface area contributed by atoms with Crippen molar-refractivity contribution in [1.29, 1.82) is 0 Å². The van der Waals surface area contributed by atoms with Crippen LogP contribution in [0.5, 0.6) is 0 Å². The highest BCUT2D eigenvalue weighted by atomic mass is 79.9. The quantitative estimate of drug-likeness (QED) is 0.0167. The van der Waals surface area contributed by atoms with Gasteiger partial charge in [-0.1, -0.05) is 135 Å². The van der Waals surface area contributed by atoms with E-state index in [-0.39, 0.29) is 51.3 Å². The van der Waals surface area contributed by atoms with Crippen molar-refractivity contribution in [3.8, 4) is 45.0 Å². The van der Waals surface area contributed by atoms with E-state index in [0.717, 1.165) is 79.5 Å². The fourth-order valence-electron chi connectivity index (χ4n) is 13.4. The maximum atomic E-state index is 12.8. The van der Waals surface area contributed by atoms with Crippen LogP contribution in [0.1, 0.15) is 13.8 Å². The van der Waals surface area contributed by atoms with Crippen molar-refractivity contribution in [1.82, 2.24) is 81.8 Å². The molecule has 8 heterocycles. The van der Waals surface area contributed by atoms with Crippen LogP contribution in [0, 0.1) is 5.41 Å². The fourth-order valence-corrected chi connectivity index (χ4v) is 20.2. The number of aliphatic hydroxyl groups excluding tert-OH is 4. The third kappa shape index (κ3) is 25.6. The van der Waals surface area contributed by atoms with E-state index in [2.05, 4.69) is 130 Å². The second-order valence-corrected chi connectivity index (χ2v) is 42.7. The van der Waals surface area contributed by atoms with Crippen molar-refractivity contribution >= 4 is 183 Å². The van der Waals surface area contributed by atoms with Crippen LogP contribution in [0.4, 0.5) is 46.0 Å². The number of sulfonamides is 4. The number of hydrogen-bond acceptors (Lipinski definition) is 27. The Morgan fingerprint density at radius 1 is 0.383 bits per heavy atom. The standard InChI is InChI=1S/C25H29BrN6O2S.C22H22BrN5O4S.C21H20BrN5O4S.C20H18BrN5O5S2/c1-25(2,17-31(3)4)16-28-35(33,34)20-12-10-19(11-13-20)29-23-14-22(18-8-6-5-7-9-18)30-24-21(26)15-27-32(23)24;23-19-15-24-28-21(14-20(26-22(19)28)16-4-2-1-3-5-16)25-17-6-8-18(9-7-17)33(31,32)27(10-12-29)11-13-30;22-18-11-23-27-20(10-19(25-21(18)27)14-4-2-1-3-5-14)24-15-6-8-17(9-7-15)32(30,31)26-16(12-28)13-29;21-17-13-22-26-19(12-18(25-20(17)26)14-4-2-1-3-5-14)24-15-6-8-16(9-7-15)33(30,31)23-10-11-32(27,28)29/h5-15,28-29H,16-17H2,1-4H3;1-9,14-15,25,29-30H,10-13H2;1-11,16,24,26,28-29H,12-13H2;1-9,12-13,23-24H,10-11H2,(H,27,28,29). The summed E-state index contributed by atoms with van der Waals surface area (Å²) < 4.78 is 149. The first-order chi connectivity index (χ1) is 63.5. The summed E-state index contributed by atoms with van der Waals surface area (Å²) in [6.45, 7) is 2.90. The first-order valence-electron chi connectivity index (χ1n) is 40.4. The predicted octanol–water partition coefficient (Wildman–Crippen LogP) is 13.2. The van der Waals surface area contributed by atoms with Gasteiger partial charge in [-0.15, -0.1) is 0 Å². The highest BCUT2D eigenvalue weighted by molar-refractivity contribution is 9.11. The minimum absolute atomic E-state index is 0.0154. The van der Waals surface area contributed by atoms with Crippen LogP contribution in [0.25, 0.3) is 67.6 Å². The fraction of sp³-hybridized carbons (Fsp3) is 0.182. The van der Waals surface area contributed by atoms with Crippen molar-refractivity contribution in [2.45, 2.75) is 39.5 Å². The number of rotatable bonds is 34. The first kappa shape index (κ1) is 99.2. The molecular formula is C88H89Br4N21O15S5. The molecule has 8 aromatic heterocycles. The molecule has 0 atom stereocenters. The van der Waals surface area contributed by atoms with Crippen molar-refractivity contribution in [2.75, 3.05) is 100 Å². The maximum Gasteiger partial charge on any atom is 0.266 e. The molecule has 0 saturated heterocycles. The summed E-state index contributed by atoms with van der Waals surface area (Å²) in [5.41, 5.74) is 11.8. The SMILES string of the molecule is CN(C)CC(C)(C)CNS(=O)(=O)c1ccc(Nc2cc(-c3ccccc3)nc3c(Br)cnn23)cc1.O=S(=O)(NC(CO)CO)c1ccc(Nc2cc(-c3ccccc3)nc3c(Br)cnn23)cc1.O=S(=O)(O)CCNS(=O)(=O)c1ccc(Nc2cc(-c3ccccc3)nc3c(Br)cnn23)cc1.O=S(=O)(c1ccc(Nc2cc(-c3ccccc3)nc3c(Br)cnn23)cc1)N(CCO)CCO. The third-order valence-corrected chi connectivity index (χ3v) is 29.0. The van der Waals surface area contributed by atoms with Gasteiger partial charge in [0.1, 0.15) is 23.3 Å². The summed E-state index contributed by atoms with van der Waals surface area (Å²) in [4.78, 5) is 21.1. The van der Waals surface area contributed by atoms with E-state index >= 15 is 0 Å². The average Bonchev–Trinajstić information content (AvgIpc) is 1.68. The summed E-state index contributed by atoms with van der Waals surface area (Å²) in [5.74, 6) is 1.91. The zero-order valence-corrected chi connectivity index (χ0v) is 81.6. The Bertz CT molecular complexity index is 7340. The molecule has 694 valence electrons. The van der Waals surface area contributed by atoms with E-state index in [1.54, 1.807) is 104 Å². The number of halogens is 4. The Balaban J connectivity index is 0.000000151. The zero-order valence-electron chi connectivity index (χ0n) is 71.2. The van der Waals surface area contributed by atoms with E-state index < -0.39 is 81.8 Å². The first-order valence-corrected chi connectivity index (χ1v) is 51.1. The highest BCUT2D eigenvalue weighted by Gasteiger charge is 2.28. The Morgan fingerprint density at radius 2 is 0.662 bits per heavy atom. The van der Waals surface area contributed by atoms with Crippen LogP contribution < -0.4 is 35.4 Å². The number of aromatic nitrogens is 12. The topological polar surface area (TPSA) is 483 Å². The number of anilines is 8. The predicted molar refractivity (Wildman–Crippen MR) is 524 cm³/mol. The maximum absolute atomic E-state index is 12.8. The van der Waals surface area contributed by atoms with Crippen molar-refractivity contribution in [3.63, 3.8) is 0 Å². The molecule has 0 amide bonds. The van der Waals surface area contributed by atoms with Gasteiger partial charge in [-0.05, 0) is 180 Å². The van der Waals surface area contributed by atoms with Crippen LogP contribution in [0.2, 0.25) is 0 Å². The molecule has 8 aromatic carbocycles. The van der Waals surface area contributed by atoms with Gasteiger partial charge in [0.25, 0.3) is 10.1 Å². The smallest absolute Gasteiger partial charge is 0.266 e. The van der Waals surface area contributed by atoms with Crippen LogP contribution >= 0.6 is 63.7 Å². The van der Waals surface area contributed by atoms with Crippen LogP contribution in [-0.4, -0.2) is 220 Å². The van der Waals surface area contributed by atoms with Crippen molar-refractivity contribution in [2.24, 2.45) is 5.41 Å². The number of nitrogens with zero attached hydrogens (tertiary/aromatic N) is 14. The molecule has 0 bridgehead atoms. The molecule has 36 nitrogen and oxygen atoms in total. The molecule has 0 spiro atoms. The minimum Gasteiger partial charge on any atom is -0.395 e. The zero-order chi connectivity index (χ0) is 95.0. The molecule has 0 unspecified atom stereocenters. The second-order valence-electron chi connectivity index (χ2n) is 30.5. The van der Waals surface area contributed by atoms with Gasteiger partial charge < -0.3 is 46.6 Å².